The zero-order chi connectivity index (χ0) is 13.8. The Labute approximate surface area is 112 Å². The maximum Gasteiger partial charge on any atom is 0.250 e. The van der Waals surface area contributed by atoms with Crippen LogP contribution in [-0.2, 0) is 9.53 Å². The molecule has 0 aliphatic heterocycles. The van der Waals surface area contributed by atoms with Gasteiger partial charge in [0.1, 0.15) is 12.7 Å². The van der Waals surface area contributed by atoms with Gasteiger partial charge < -0.3 is 10.1 Å². The number of halogens is 1. The smallest absolute Gasteiger partial charge is 0.250 e. The van der Waals surface area contributed by atoms with Gasteiger partial charge >= 0.3 is 0 Å². The zero-order valence-electron chi connectivity index (χ0n) is 10.6. The standard InChI is InChI=1S/C13H15ClN2O2/c1-13(2,3)18-8-12(17)16-10-4-5-11(14)9(6-10)7-15/h4-6H,8H2,1-3H3,(H,16,17). The van der Waals surface area contributed by atoms with Gasteiger partial charge in [-0.3, -0.25) is 4.79 Å². The molecule has 1 amide bonds. The molecule has 1 aromatic carbocycles. The lowest BCUT2D eigenvalue weighted by molar-refractivity contribution is -0.125. The topological polar surface area (TPSA) is 62.1 Å². The molecule has 0 atom stereocenters. The number of nitriles is 1. The Bertz CT molecular complexity index is 487. The molecule has 0 aromatic heterocycles. The van der Waals surface area contributed by atoms with Crippen molar-refractivity contribution in [1.29, 1.82) is 5.26 Å². The Hall–Kier alpha value is -1.57. The van der Waals surface area contributed by atoms with Crippen LogP contribution in [0.3, 0.4) is 0 Å². The summed E-state index contributed by atoms with van der Waals surface area (Å²) in [5.74, 6) is -0.267. The molecule has 4 nitrogen and oxygen atoms in total. The van der Waals surface area contributed by atoms with E-state index in [4.69, 9.17) is 21.6 Å². The Morgan fingerprint density at radius 3 is 2.72 bits per heavy atom. The average Bonchev–Trinajstić information content (AvgIpc) is 2.28. The van der Waals surface area contributed by atoms with Gasteiger partial charge in [0, 0.05) is 5.69 Å². The van der Waals surface area contributed by atoms with Crippen LogP contribution in [0.1, 0.15) is 26.3 Å². The highest BCUT2D eigenvalue weighted by Gasteiger charge is 2.13. The number of nitrogens with zero attached hydrogens (tertiary/aromatic N) is 1. The maximum atomic E-state index is 11.6. The van der Waals surface area contributed by atoms with Crippen molar-refractivity contribution in [3.05, 3.63) is 28.8 Å². The molecule has 5 heteroatoms. The van der Waals surface area contributed by atoms with Gasteiger partial charge in [0.25, 0.3) is 0 Å². The summed E-state index contributed by atoms with van der Waals surface area (Å²) in [5.41, 5.74) is 0.486. The fourth-order valence-corrected chi connectivity index (χ4v) is 1.33. The predicted octanol–water partition coefficient (Wildman–Crippen LogP) is 2.97. The second-order valence-corrected chi connectivity index (χ2v) is 5.16. The van der Waals surface area contributed by atoms with E-state index in [2.05, 4.69) is 5.32 Å². The van der Waals surface area contributed by atoms with E-state index in [0.29, 0.717) is 16.3 Å². The van der Waals surface area contributed by atoms with Gasteiger partial charge in [0.15, 0.2) is 0 Å². The number of ether oxygens (including phenoxy) is 1. The zero-order valence-corrected chi connectivity index (χ0v) is 11.3. The molecule has 0 unspecified atom stereocenters. The minimum absolute atomic E-state index is 0.0337. The fourth-order valence-electron chi connectivity index (χ4n) is 1.17. The summed E-state index contributed by atoms with van der Waals surface area (Å²) in [7, 11) is 0. The van der Waals surface area contributed by atoms with Crippen LogP contribution in [0, 0.1) is 11.3 Å². The SMILES string of the molecule is CC(C)(C)OCC(=O)Nc1ccc(Cl)c(C#N)c1. The first-order chi connectivity index (χ1) is 8.31. The first kappa shape index (κ1) is 14.5. The van der Waals surface area contributed by atoms with Crippen LogP contribution in [0.25, 0.3) is 0 Å². The lowest BCUT2D eigenvalue weighted by Gasteiger charge is -2.19. The third kappa shape index (κ3) is 4.74. The Balaban J connectivity index is 2.63. The van der Waals surface area contributed by atoms with E-state index in [1.807, 2.05) is 26.8 Å². The van der Waals surface area contributed by atoms with Crippen LogP contribution in [0.15, 0.2) is 18.2 Å². The molecule has 1 aromatic rings. The Morgan fingerprint density at radius 1 is 1.50 bits per heavy atom. The summed E-state index contributed by atoms with van der Waals surface area (Å²) < 4.78 is 5.34. The van der Waals surface area contributed by atoms with Crippen molar-refractivity contribution in [1.82, 2.24) is 0 Å². The molecule has 1 rings (SSSR count). The maximum absolute atomic E-state index is 11.6. The van der Waals surface area contributed by atoms with E-state index in [1.165, 1.54) is 6.07 Å². The lowest BCUT2D eigenvalue weighted by atomic mass is 10.2. The first-order valence-electron chi connectivity index (χ1n) is 5.45. The molecular weight excluding hydrogens is 252 g/mol. The second-order valence-electron chi connectivity index (χ2n) is 4.76. The molecule has 18 heavy (non-hydrogen) atoms. The second kappa shape index (κ2) is 5.85. The van der Waals surface area contributed by atoms with Crippen molar-refractivity contribution in [2.75, 3.05) is 11.9 Å². The monoisotopic (exact) mass is 266 g/mol. The number of nitrogens with one attached hydrogen (secondary N) is 1. The minimum Gasteiger partial charge on any atom is -0.366 e. The highest BCUT2D eigenvalue weighted by Crippen LogP contribution is 2.19. The van der Waals surface area contributed by atoms with Gasteiger partial charge in [-0.05, 0) is 39.0 Å². The molecule has 0 fully saturated rings. The third-order valence-electron chi connectivity index (χ3n) is 2.01. The number of hydrogen-bond donors (Lipinski definition) is 1. The van der Waals surface area contributed by atoms with Crippen LogP contribution in [0.5, 0.6) is 0 Å². The fraction of sp³-hybridized carbons (Fsp3) is 0.385. The molecule has 0 radical (unpaired) electrons. The van der Waals surface area contributed by atoms with Crippen LogP contribution < -0.4 is 5.32 Å². The number of hydrogen-bond acceptors (Lipinski definition) is 3. The van der Waals surface area contributed by atoms with E-state index in [9.17, 15) is 4.79 Å². The first-order valence-corrected chi connectivity index (χ1v) is 5.83. The molecule has 0 saturated carbocycles. The predicted molar refractivity (Wildman–Crippen MR) is 70.5 cm³/mol. The van der Waals surface area contributed by atoms with Crippen molar-refractivity contribution < 1.29 is 9.53 Å². The highest BCUT2D eigenvalue weighted by molar-refractivity contribution is 6.31. The van der Waals surface area contributed by atoms with Gasteiger partial charge in [0.05, 0.1) is 16.2 Å². The Morgan fingerprint density at radius 2 is 2.17 bits per heavy atom. The molecule has 0 heterocycles. The van der Waals surface area contributed by atoms with Crippen LogP contribution >= 0.6 is 11.6 Å². The van der Waals surface area contributed by atoms with Crippen molar-refractivity contribution >= 4 is 23.2 Å². The van der Waals surface area contributed by atoms with Crippen LogP contribution in [0.4, 0.5) is 5.69 Å². The van der Waals surface area contributed by atoms with Gasteiger partial charge in [-0.15, -0.1) is 0 Å². The van der Waals surface area contributed by atoms with Gasteiger partial charge in [-0.2, -0.15) is 5.26 Å². The summed E-state index contributed by atoms with van der Waals surface area (Å²) in [4.78, 5) is 11.6. The third-order valence-corrected chi connectivity index (χ3v) is 2.34. The molecule has 0 aliphatic rings. The molecular formula is C13H15ClN2O2. The summed E-state index contributed by atoms with van der Waals surface area (Å²) in [6, 6.07) is 6.68. The number of carbonyl (C=O) groups excluding carboxylic acids is 1. The number of amides is 1. The Kier molecular flexibility index (Phi) is 4.71. The molecule has 1 N–H and O–H groups in total. The molecule has 0 bridgehead atoms. The van der Waals surface area contributed by atoms with Crippen LogP contribution in [0.2, 0.25) is 5.02 Å². The van der Waals surface area contributed by atoms with Crippen molar-refractivity contribution in [2.24, 2.45) is 0 Å². The number of benzene rings is 1. The van der Waals surface area contributed by atoms with Crippen molar-refractivity contribution in [3.8, 4) is 6.07 Å². The van der Waals surface area contributed by atoms with E-state index < -0.39 is 0 Å². The van der Waals surface area contributed by atoms with Gasteiger partial charge in [-0.25, -0.2) is 0 Å². The van der Waals surface area contributed by atoms with E-state index in [0.717, 1.165) is 0 Å². The summed E-state index contributed by atoms with van der Waals surface area (Å²) in [6.45, 7) is 5.58. The highest BCUT2D eigenvalue weighted by atomic mass is 35.5. The molecule has 0 saturated heterocycles. The molecule has 96 valence electrons. The lowest BCUT2D eigenvalue weighted by Crippen LogP contribution is -2.27. The van der Waals surface area contributed by atoms with E-state index in [-0.39, 0.29) is 18.1 Å². The molecule has 0 spiro atoms. The van der Waals surface area contributed by atoms with Gasteiger partial charge in [-0.1, -0.05) is 11.6 Å². The number of carbonyl (C=O) groups is 1. The average molecular weight is 267 g/mol. The number of anilines is 1. The summed E-state index contributed by atoms with van der Waals surface area (Å²) in [5, 5.41) is 11.8. The molecule has 0 aliphatic carbocycles. The van der Waals surface area contributed by atoms with E-state index >= 15 is 0 Å². The normalized spacial score (nSPS) is 10.8. The van der Waals surface area contributed by atoms with E-state index in [1.54, 1.807) is 12.1 Å². The van der Waals surface area contributed by atoms with Crippen molar-refractivity contribution in [3.63, 3.8) is 0 Å². The van der Waals surface area contributed by atoms with Gasteiger partial charge in [0.2, 0.25) is 5.91 Å². The summed E-state index contributed by atoms with van der Waals surface area (Å²) in [6.07, 6.45) is 0. The quantitative estimate of drug-likeness (QED) is 0.915. The summed E-state index contributed by atoms with van der Waals surface area (Å²) >= 11 is 5.79. The largest absolute Gasteiger partial charge is 0.366 e. The van der Waals surface area contributed by atoms with Crippen LogP contribution in [-0.4, -0.2) is 18.1 Å². The van der Waals surface area contributed by atoms with Crippen molar-refractivity contribution in [2.45, 2.75) is 26.4 Å². The number of rotatable bonds is 3. The minimum atomic E-state index is -0.366.